The van der Waals surface area contributed by atoms with Crippen molar-refractivity contribution >= 4 is 17.5 Å². The number of tetrazole rings is 1. The first-order valence-electron chi connectivity index (χ1n) is 11.8. The number of hydrogen-bond donors (Lipinski definition) is 2. The highest BCUT2D eigenvalue weighted by molar-refractivity contribution is 6.06. The molecule has 1 aliphatic heterocycles. The first-order chi connectivity index (χ1) is 17.4. The van der Waals surface area contributed by atoms with Gasteiger partial charge in [0.2, 0.25) is 5.95 Å². The number of ether oxygens (including phenoxy) is 1. The number of fused-ring (bicyclic) bond motifs is 1. The first-order valence-corrected chi connectivity index (χ1v) is 11.8. The number of aromatic nitrogens is 4. The van der Waals surface area contributed by atoms with E-state index in [1.165, 1.54) is 5.56 Å². The van der Waals surface area contributed by atoms with E-state index in [-0.39, 0.29) is 5.91 Å². The van der Waals surface area contributed by atoms with Crippen LogP contribution in [0.1, 0.15) is 40.8 Å². The summed E-state index contributed by atoms with van der Waals surface area (Å²) < 4.78 is 7.61. The van der Waals surface area contributed by atoms with E-state index in [1.807, 2.05) is 63.2 Å². The molecule has 0 saturated carbocycles. The molecular weight excluding hydrogens is 452 g/mol. The topological polar surface area (TPSA) is 94.0 Å². The Kier molecular flexibility index (Phi) is 6.25. The first kappa shape index (κ1) is 23.3. The number of nitrogens with zero attached hydrogens (tertiary/aromatic N) is 4. The van der Waals surface area contributed by atoms with Gasteiger partial charge in [0, 0.05) is 11.4 Å². The van der Waals surface area contributed by atoms with Crippen LogP contribution in [0.5, 0.6) is 5.75 Å². The van der Waals surface area contributed by atoms with Gasteiger partial charge in [0.15, 0.2) is 0 Å². The maximum absolute atomic E-state index is 13.6. The van der Waals surface area contributed by atoms with Crippen LogP contribution in [0, 0.1) is 20.8 Å². The van der Waals surface area contributed by atoms with Crippen LogP contribution in [0.4, 0.5) is 11.6 Å². The van der Waals surface area contributed by atoms with E-state index in [0.29, 0.717) is 23.8 Å². The van der Waals surface area contributed by atoms with E-state index in [0.717, 1.165) is 33.7 Å². The van der Waals surface area contributed by atoms with Crippen LogP contribution >= 0.6 is 0 Å². The Balaban J connectivity index is 1.42. The molecule has 3 aromatic carbocycles. The van der Waals surface area contributed by atoms with Gasteiger partial charge in [-0.2, -0.15) is 4.68 Å². The van der Waals surface area contributed by atoms with Crippen molar-refractivity contribution in [2.24, 2.45) is 0 Å². The number of benzene rings is 3. The summed E-state index contributed by atoms with van der Waals surface area (Å²) in [7, 11) is 0. The fourth-order valence-corrected chi connectivity index (χ4v) is 4.29. The second kappa shape index (κ2) is 9.65. The molecule has 1 aliphatic rings. The Labute approximate surface area is 210 Å². The molecule has 0 saturated heterocycles. The monoisotopic (exact) mass is 480 g/mol. The smallest absolute Gasteiger partial charge is 0.255 e. The second-order valence-electron chi connectivity index (χ2n) is 9.06. The lowest BCUT2D eigenvalue weighted by molar-refractivity contribution is -0.113. The molecule has 1 aromatic heterocycles. The minimum atomic E-state index is -0.493. The molecule has 0 spiro atoms. The van der Waals surface area contributed by atoms with Gasteiger partial charge < -0.3 is 15.4 Å². The molecular formula is C28H28N6O2. The molecule has 0 fully saturated rings. The van der Waals surface area contributed by atoms with Gasteiger partial charge in [0.25, 0.3) is 5.91 Å². The van der Waals surface area contributed by atoms with E-state index in [4.69, 9.17) is 4.74 Å². The predicted octanol–water partition coefficient (Wildman–Crippen LogP) is 5.10. The zero-order valence-electron chi connectivity index (χ0n) is 20.7. The highest BCUT2D eigenvalue weighted by Gasteiger charge is 2.34. The SMILES string of the molecule is CC1=C(C(=O)Nc2cccc(C)c2C)C(c2ccc(OCc3ccc(C)cc3)cc2)n2nnnc2N1. The van der Waals surface area contributed by atoms with Crippen molar-refractivity contribution < 1.29 is 9.53 Å². The number of carbonyl (C=O) groups excluding carboxylic acids is 1. The van der Waals surface area contributed by atoms with Crippen LogP contribution in [0.3, 0.4) is 0 Å². The minimum absolute atomic E-state index is 0.209. The summed E-state index contributed by atoms with van der Waals surface area (Å²) in [6, 6.07) is 21.4. The van der Waals surface area contributed by atoms with Crippen molar-refractivity contribution in [1.82, 2.24) is 20.2 Å². The average molecular weight is 481 g/mol. The van der Waals surface area contributed by atoms with E-state index in [1.54, 1.807) is 4.68 Å². The normalized spacial score (nSPS) is 14.7. The van der Waals surface area contributed by atoms with Crippen LogP contribution in [0.25, 0.3) is 0 Å². The molecule has 2 N–H and O–H groups in total. The summed E-state index contributed by atoms with van der Waals surface area (Å²) in [6.45, 7) is 8.43. The Morgan fingerprint density at radius 1 is 1.00 bits per heavy atom. The summed E-state index contributed by atoms with van der Waals surface area (Å²) in [4.78, 5) is 13.6. The lowest BCUT2D eigenvalue weighted by Gasteiger charge is -2.28. The molecule has 1 unspecified atom stereocenters. The number of rotatable bonds is 6. The Morgan fingerprint density at radius 2 is 1.75 bits per heavy atom. The molecule has 8 heteroatoms. The number of hydrogen-bond acceptors (Lipinski definition) is 6. The number of nitrogens with one attached hydrogen (secondary N) is 2. The molecule has 8 nitrogen and oxygen atoms in total. The standard InChI is InChI=1S/C28H28N6O2/c1-17-8-10-21(11-9-17)16-36-23-14-12-22(13-15-23)26-25(20(4)29-28-31-32-33-34(26)28)27(35)30-24-7-5-6-18(2)19(24)3/h5-15,26H,16H2,1-4H3,(H,30,35)(H,29,31,33). The number of allylic oxidation sites excluding steroid dienone is 1. The van der Waals surface area contributed by atoms with Gasteiger partial charge in [-0.25, -0.2) is 0 Å². The van der Waals surface area contributed by atoms with Crippen molar-refractivity contribution in [2.75, 3.05) is 10.6 Å². The molecule has 5 rings (SSSR count). The summed E-state index contributed by atoms with van der Waals surface area (Å²) in [5.41, 5.74) is 7.36. The number of anilines is 2. The highest BCUT2D eigenvalue weighted by Crippen LogP contribution is 2.36. The largest absolute Gasteiger partial charge is 0.489 e. The molecule has 0 bridgehead atoms. The van der Waals surface area contributed by atoms with Crippen LogP contribution in [0.15, 0.2) is 78.0 Å². The van der Waals surface area contributed by atoms with Crippen LogP contribution in [-0.4, -0.2) is 26.1 Å². The molecule has 2 heterocycles. The number of aryl methyl sites for hydroxylation is 2. The maximum Gasteiger partial charge on any atom is 0.255 e. The third-order valence-electron chi connectivity index (χ3n) is 6.53. The molecule has 0 radical (unpaired) electrons. The average Bonchev–Trinajstić information content (AvgIpc) is 3.34. The van der Waals surface area contributed by atoms with Gasteiger partial charge in [-0.3, -0.25) is 4.79 Å². The number of carbonyl (C=O) groups is 1. The molecule has 182 valence electrons. The van der Waals surface area contributed by atoms with Gasteiger partial charge >= 0.3 is 0 Å². The third kappa shape index (κ3) is 4.57. The molecule has 4 aromatic rings. The molecule has 36 heavy (non-hydrogen) atoms. The molecule has 1 amide bonds. The fraction of sp³-hybridized carbons (Fsp3) is 0.214. The zero-order chi connectivity index (χ0) is 25.2. The fourth-order valence-electron chi connectivity index (χ4n) is 4.29. The summed E-state index contributed by atoms with van der Waals surface area (Å²) >= 11 is 0. The van der Waals surface area contributed by atoms with Gasteiger partial charge in [0.05, 0.1) is 5.57 Å². The van der Waals surface area contributed by atoms with E-state index >= 15 is 0 Å². The van der Waals surface area contributed by atoms with Crippen LogP contribution in [-0.2, 0) is 11.4 Å². The summed E-state index contributed by atoms with van der Waals surface area (Å²) in [5, 5.41) is 18.3. The van der Waals surface area contributed by atoms with Crippen molar-refractivity contribution in [3.05, 3.63) is 106 Å². The third-order valence-corrected chi connectivity index (χ3v) is 6.53. The van der Waals surface area contributed by atoms with Gasteiger partial charge in [-0.05, 0) is 78.6 Å². The quantitative estimate of drug-likeness (QED) is 0.399. The van der Waals surface area contributed by atoms with Crippen LogP contribution in [0.2, 0.25) is 0 Å². The lowest BCUT2D eigenvalue weighted by atomic mass is 9.94. The zero-order valence-corrected chi connectivity index (χ0v) is 20.7. The van der Waals surface area contributed by atoms with Crippen molar-refractivity contribution in [3.63, 3.8) is 0 Å². The van der Waals surface area contributed by atoms with E-state index in [2.05, 4.69) is 57.3 Å². The lowest BCUT2D eigenvalue weighted by Crippen LogP contribution is -2.31. The van der Waals surface area contributed by atoms with E-state index < -0.39 is 6.04 Å². The molecule has 0 aliphatic carbocycles. The number of amides is 1. The van der Waals surface area contributed by atoms with E-state index in [9.17, 15) is 4.79 Å². The summed E-state index contributed by atoms with van der Waals surface area (Å²) in [6.07, 6.45) is 0. The second-order valence-corrected chi connectivity index (χ2v) is 9.06. The summed E-state index contributed by atoms with van der Waals surface area (Å²) in [5.74, 6) is 1.02. The Hall–Kier alpha value is -4.46. The minimum Gasteiger partial charge on any atom is -0.489 e. The maximum atomic E-state index is 13.6. The van der Waals surface area contributed by atoms with Crippen molar-refractivity contribution in [3.8, 4) is 5.75 Å². The predicted molar refractivity (Wildman–Crippen MR) is 139 cm³/mol. The molecule has 1 atom stereocenters. The highest BCUT2D eigenvalue weighted by atomic mass is 16.5. The van der Waals surface area contributed by atoms with Gasteiger partial charge in [0.1, 0.15) is 18.4 Å². The van der Waals surface area contributed by atoms with Gasteiger partial charge in [-0.15, -0.1) is 0 Å². The van der Waals surface area contributed by atoms with Gasteiger partial charge in [-0.1, -0.05) is 59.2 Å². The van der Waals surface area contributed by atoms with Crippen molar-refractivity contribution in [2.45, 2.75) is 40.3 Å². The van der Waals surface area contributed by atoms with Crippen LogP contribution < -0.4 is 15.4 Å². The Morgan fingerprint density at radius 3 is 2.50 bits per heavy atom. The van der Waals surface area contributed by atoms with Crippen molar-refractivity contribution in [1.29, 1.82) is 0 Å². The Bertz CT molecular complexity index is 1440.